The van der Waals surface area contributed by atoms with Gasteiger partial charge in [0.2, 0.25) is 0 Å². The fraction of sp³-hybridized carbons (Fsp3) is 0.415. The molecule has 0 unspecified atom stereocenters. The molecule has 2 amide bonds. The highest BCUT2D eigenvalue weighted by Crippen LogP contribution is 2.43. The van der Waals surface area contributed by atoms with Gasteiger partial charge in [0.1, 0.15) is 10.5 Å². The first-order chi connectivity index (χ1) is 34.8. The van der Waals surface area contributed by atoms with Crippen LogP contribution in [0, 0.1) is 5.41 Å². The average Bonchev–Trinajstić information content (AvgIpc) is 3.92. The molecule has 0 spiro atoms. The van der Waals surface area contributed by atoms with Crippen molar-refractivity contribution in [3.05, 3.63) is 136 Å². The Hall–Kier alpha value is -5.54. The van der Waals surface area contributed by atoms with Gasteiger partial charge in [0.05, 0.1) is 29.4 Å². The van der Waals surface area contributed by atoms with Crippen molar-refractivity contribution in [3.63, 3.8) is 0 Å². The molecule has 0 saturated carbocycles. The second-order valence-electron chi connectivity index (χ2n) is 20.7. The van der Waals surface area contributed by atoms with Gasteiger partial charge in [0.15, 0.2) is 0 Å². The quantitative estimate of drug-likeness (QED) is 0.0901. The smallest absolute Gasteiger partial charge is 0.444 e. The number of benzene rings is 4. The van der Waals surface area contributed by atoms with E-state index in [4.69, 9.17) is 16.3 Å². The molecule has 396 valence electrons. The van der Waals surface area contributed by atoms with Crippen molar-refractivity contribution in [1.29, 1.82) is 0 Å². The fourth-order valence-electron chi connectivity index (χ4n) is 9.40. The second kappa shape index (κ2) is 22.0. The number of halogens is 4. The van der Waals surface area contributed by atoms with Crippen LogP contribution in [0.25, 0.3) is 5.57 Å². The van der Waals surface area contributed by atoms with E-state index in [0.717, 1.165) is 80.3 Å². The summed E-state index contributed by atoms with van der Waals surface area (Å²) >= 11 is 7.58. The van der Waals surface area contributed by atoms with E-state index in [-0.39, 0.29) is 42.8 Å². The number of carbonyl (C=O) groups excluding carboxylic acids is 2. The Labute approximate surface area is 440 Å². The number of nitrogens with zero attached hydrogens (tertiary/aromatic N) is 5. The van der Waals surface area contributed by atoms with Crippen molar-refractivity contribution in [1.82, 2.24) is 24.3 Å². The van der Waals surface area contributed by atoms with Crippen LogP contribution in [0.3, 0.4) is 0 Å². The Bertz CT molecular complexity index is 3080. The number of anilines is 2. The maximum atomic E-state index is 14.4. The Balaban J connectivity index is 0.935. The van der Waals surface area contributed by atoms with Crippen molar-refractivity contribution < 1.29 is 44.3 Å². The molecule has 3 heterocycles. The topological polar surface area (TPSA) is 163 Å². The highest BCUT2D eigenvalue weighted by atomic mass is 35.5. The zero-order valence-electron chi connectivity index (χ0n) is 41.9. The largest absolute Gasteiger partial charge is 0.501 e. The summed E-state index contributed by atoms with van der Waals surface area (Å²) in [5, 5.41) is 8.30. The van der Waals surface area contributed by atoms with Gasteiger partial charge in [-0.1, -0.05) is 61.4 Å². The number of fused-ring (bicyclic) bond motifs is 1. The summed E-state index contributed by atoms with van der Waals surface area (Å²) < 4.78 is 106. The molecular formula is C53H61ClF3N7O7S3. The summed E-state index contributed by atoms with van der Waals surface area (Å²) in [6.07, 6.45) is 4.67. The van der Waals surface area contributed by atoms with Crippen molar-refractivity contribution in [2.75, 3.05) is 48.7 Å². The number of ether oxygens (including phenoxy) is 1. The maximum absolute atomic E-state index is 14.4. The highest BCUT2D eigenvalue weighted by molar-refractivity contribution is 7.99. The van der Waals surface area contributed by atoms with E-state index in [9.17, 15) is 39.6 Å². The van der Waals surface area contributed by atoms with E-state index in [0.29, 0.717) is 16.8 Å². The molecule has 3 aliphatic rings. The zero-order chi connectivity index (χ0) is 53.2. The number of allylic oxidation sites excluding steroid dienone is 1. The van der Waals surface area contributed by atoms with Gasteiger partial charge >= 0.3 is 11.6 Å². The summed E-state index contributed by atoms with van der Waals surface area (Å²) in [7, 11) is -11.0. The molecule has 14 nitrogen and oxygen atoms in total. The Morgan fingerprint density at radius 3 is 2.23 bits per heavy atom. The molecule has 1 saturated heterocycles. The minimum absolute atomic E-state index is 0.0273. The number of thioether (sulfide) groups is 1. The number of sulfonamides is 1. The summed E-state index contributed by atoms with van der Waals surface area (Å²) in [6.45, 7) is 14.6. The van der Waals surface area contributed by atoms with Crippen molar-refractivity contribution in [3.8, 4) is 0 Å². The molecule has 74 heavy (non-hydrogen) atoms. The van der Waals surface area contributed by atoms with Gasteiger partial charge in [-0.05, 0) is 130 Å². The lowest BCUT2D eigenvalue weighted by Crippen LogP contribution is -2.47. The van der Waals surface area contributed by atoms with Gasteiger partial charge in [-0.15, -0.1) is 11.8 Å². The predicted molar refractivity (Wildman–Crippen MR) is 282 cm³/mol. The van der Waals surface area contributed by atoms with E-state index in [2.05, 4.69) is 46.2 Å². The molecule has 8 rings (SSSR count). The lowest BCUT2D eigenvalue weighted by Gasteiger charge is -2.39. The number of nitrogens with one attached hydrogen (secondary N) is 2. The molecule has 4 aromatic carbocycles. The molecule has 5 aromatic rings. The number of aromatic nitrogens is 2. The van der Waals surface area contributed by atoms with Crippen molar-refractivity contribution >= 4 is 72.2 Å². The van der Waals surface area contributed by atoms with E-state index in [1.807, 2.05) is 47.2 Å². The maximum Gasteiger partial charge on any atom is 0.501 e. The first-order valence-electron chi connectivity index (χ1n) is 24.4. The summed E-state index contributed by atoms with van der Waals surface area (Å²) in [6, 6.07) is 25.3. The van der Waals surface area contributed by atoms with Gasteiger partial charge in [0, 0.05) is 84.0 Å². The number of hydrogen-bond donors (Lipinski definition) is 2. The van der Waals surface area contributed by atoms with Crippen LogP contribution in [0.1, 0.15) is 87.5 Å². The molecule has 0 radical (unpaired) electrons. The number of rotatable bonds is 16. The summed E-state index contributed by atoms with van der Waals surface area (Å²) in [5.74, 6) is -0.790. The molecule has 1 atom stereocenters. The monoisotopic (exact) mass is 1100 g/mol. The molecule has 21 heteroatoms. The molecular weight excluding hydrogens is 1040 g/mol. The minimum atomic E-state index is -6.14. The normalized spacial score (nSPS) is 17.0. The number of piperazine rings is 1. The van der Waals surface area contributed by atoms with Gasteiger partial charge in [-0.2, -0.15) is 18.3 Å². The van der Waals surface area contributed by atoms with Crippen molar-refractivity contribution in [2.45, 2.75) is 112 Å². The summed E-state index contributed by atoms with van der Waals surface area (Å²) in [5.41, 5.74) is -0.442. The zero-order valence-corrected chi connectivity index (χ0v) is 45.1. The van der Waals surface area contributed by atoms with Gasteiger partial charge in [0.25, 0.3) is 25.8 Å². The standard InChI is InChI=1S/C53H61ClF3N7O7S3/c1-51(2,3)71-50(66)63-32-39-33-64(59-47(39)34-63)24-22-41(35-72-43-9-7-6-8-10-43)58-46-20-19-44(29-48(46)73(67,68)53(55,56)57)74(69,70)60-49(65)37-13-17-42(18-14-37)62-27-25-61(26-28-62)31-38-30-52(4,5)23-21-45(38)36-11-15-40(54)16-12-36/h6-20,29,33,41,58H,21-28,30-32,34-35H2,1-5H3,(H,60,65)/t41-/m1/s1. The van der Waals surface area contributed by atoms with Crippen LogP contribution >= 0.6 is 23.4 Å². The third-order valence-electron chi connectivity index (χ3n) is 13.3. The molecule has 1 aliphatic carbocycles. The number of sulfone groups is 1. The van der Waals surface area contributed by atoms with Gasteiger partial charge in [-0.3, -0.25) is 19.3 Å². The molecule has 0 bridgehead atoms. The highest BCUT2D eigenvalue weighted by Gasteiger charge is 2.48. The molecule has 2 N–H and O–H groups in total. The van der Waals surface area contributed by atoms with Crippen LogP contribution in [-0.2, 0) is 44.2 Å². The van der Waals surface area contributed by atoms with Crippen LogP contribution in [0.5, 0.6) is 0 Å². The van der Waals surface area contributed by atoms with E-state index >= 15 is 0 Å². The van der Waals surface area contributed by atoms with Gasteiger partial charge in [-0.25, -0.2) is 26.4 Å². The summed E-state index contributed by atoms with van der Waals surface area (Å²) in [4.78, 5) is 31.0. The Morgan fingerprint density at radius 2 is 1.58 bits per heavy atom. The predicted octanol–water partition coefficient (Wildman–Crippen LogP) is 10.6. The number of aryl methyl sites for hydroxylation is 1. The lowest BCUT2D eigenvalue weighted by molar-refractivity contribution is -0.0436. The Morgan fingerprint density at radius 1 is 0.892 bits per heavy atom. The average molecular weight is 1100 g/mol. The number of alkyl halides is 3. The van der Waals surface area contributed by atoms with Crippen LogP contribution < -0.4 is 14.9 Å². The minimum Gasteiger partial charge on any atom is -0.444 e. The van der Waals surface area contributed by atoms with E-state index in [1.165, 1.54) is 45.5 Å². The molecule has 1 fully saturated rings. The number of amides is 2. The molecule has 1 aromatic heterocycles. The fourth-order valence-corrected chi connectivity index (χ4v) is 12.5. The van der Waals surface area contributed by atoms with E-state index in [1.54, 1.807) is 43.8 Å². The first kappa shape index (κ1) is 54.7. The number of carbonyl (C=O) groups is 2. The van der Waals surface area contributed by atoms with Crippen LogP contribution in [0.2, 0.25) is 5.02 Å². The lowest BCUT2D eigenvalue weighted by atomic mass is 9.73. The van der Waals surface area contributed by atoms with E-state index < -0.39 is 64.5 Å². The van der Waals surface area contributed by atoms with Crippen LogP contribution in [0.4, 0.5) is 29.3 Å². The first-order valence-corrected chi connectivity index (χ1v) is 28.7. The second-order valence-corrected chi connectivity index (χ2v) is 25.9. The number of hydrogen-bond acceptors (Lipinski definition) is 12. The Kier molecular flexibility index (Phi) is 16.2. The van der Waals surface area contributed by atoms with Gasteiger partial charge < -0.3 is 15.0 Å². The molecule has 2 aliphatic heterocycles. The third kappa shape index (κ3) is 13.5. The van der Waals surface area contributed by atoms with Crippen molar-refractivity contribution in [2.24, 2.45) is 5.41 Å². The third-order valence-corrected chi connectivity index (χ3v) is 17.5. The van der Waals surface area contributed by atoms with Crippen LogP contribution in [-0.4, -0.2) is 104 Å². The van der Waals surface area contributed by atoms with Crippen LogP contribution in [0.15, 0.2) is 124 Å². The SMILES string of the molecule is CC1(C)CCC(c2ccc(Cl)cc2)=C(CN2CCN(c3ccc(C(=O)NS(=O)(=O)c4ccc(N[C@H](CCn5cc6c(n5)CN(C(=O)OC(C)(C)C)C6)CSc5ccccc5)c(S(=O)(=O)C(F)(F)F)c4)cc3)CC2)C1.